The van der Waals surface area contributed by atoms with E-state index in [4.69, 9.17) is 10.5 Å². The summed E-state index contributed by atoms with van der Waals surface area (Å²) < 4.78 is 6.13. The summed E-state index contributed by atoms with van der Waals surface area (Å²) in [5.41, 5.74) is 7.44. The summed E-state index contributed by atoms with van der Waals surface area (Å²) in [6.07, 6.45) is 9.51. The predicted octanol–water partition coefficient (Wildman–Crippen LogP) is 3.81. The molecule has 1 heterocycles. The maximum atomic E-state index is 6.26. The van der Waals surface area contributed by atoms with Crippen LogP contribution < -0.4 is 10.5 Å². The molecule has 1 saturated carbocycles. The summed E-state index contributed by atoms with van der Waals surface area (Å²) in [4.78, 5) is 0. The molecule has 1 aliphatic heterocycles. The first kappa shape index (κ1) is 12.0. The lowest BCUT2D eigenvalue weighted by Crippen LogP contribution is -2.31. The normalized spacial score (nSPS) is 28.5. The molecule has 3 rings (SSSR count). The van der Waals surface area contributed by atoms with Gasteiger partial charge in [0.2, 0.25) is 0 Å². The highest BCUT2D eigenvalue weighted by molar-refractivity contribution is 5.37. The van der Waals surface area contributed by atoms with E-state index in [-0.39, 0.29) is 6.04 Å². The molecule has 0 aromatic heterocycles. The van der Waals surface area contributed by atoms with Gasteiger partial charge in [0.15, 0.2) is 0 Å². The lowest BCUT2D eigenvalue weighted by molar-refractivity contribution is 0.120. The van der Waals surface area contributed by atoms with E-state index in [2.05, 4.69) is 12.1 Å². The zero-order valence-corrected chi connectivity index (χ0v) is 11.0. The molecule has 0 amide bonds. The van der Waals surface area contributed by atoms with Gasteiger partial charge in [0, 0.05) is 18.0 Å². The van der Waals surface area contributed by atoms with Gasteiger partial charge in [0.05, 0.1) is 0 Å². The van der Waals surface area contributed by atoms with Crippen LogP contribution in [0.1, 0.15) is 56.6 Å². The van der Waals surface area contributed by atoms with Crippen LogP contribution in [0.3, 0.4) is 0 Å². The van der Waals surface area contributed by atoms with Crippen molar-refractivity contribution < 1.29 is 4.74 Å². The summed E-state index contributed by atoms with van der Waals surface area (Å²) in [5.74, 6) is 1.87. The fourth-order valence-corrected chi connectivity index (χ4v) is 3.47. The zero-order chi connectivity index (χ0) is 12.4. The zero-order valence-electron chi connectivity index (χ0n) is 11.0. The number of nitrogens with two attached hydrogens (primary N) is 1. The Balaban J connectivity index is 1.66. The lowest BCUT2D eigenvalue weighted by atomic mass is 9.83. The van der Waals surface area contributed by atoms with Crippen molar-refractivity contribution >= 4 is 0 Å². The van der Waals surface area contributed by atoms with Crippen molar-refractivity contribution in [1.82, 2.24) is 0 Å². The molecule has 2 N–H and O–H groups in total. The van der Waals surface area contributed by atoms with Gasteiger partial charge < -0.3 is 10.5 Å². The summed E-state index contributed by atoms with van der Waals surface area (Å²) in [7, 11) is 0. The van der Waals surface area contributed by atoms with Crippen LogP contribution in [0.2, 0.25) is 0 Å². The van der Waals surface area contributed by atoms with Crippen LogP contribution in [0.15, 0.2) is 24.3 Å². The summed E-state index contributed by atoms with van der Waals surface area (Å²) in [6, 6.07) is 8.39. The number of rotatable bonds is 2. The molecule has 1 aliphatic carbocycles. The molecule has 18 heavy (non-hydrogen) atoms. The second-order valence-electron chi connectivity index (χ2n) is 5.86. The van der Waals surface area contributed by atoms with E-state index < -0.39 is 0 Å². The number of benzene rings is 1. The van der Waals surface area contributed by atoms with Crippen molar-refractivity contribution in [3.63, 3.8) is 0 Å². The molecule has 1 aromatic rings. The molecule has 0 radical (unpaired) electrons. The highest BCUT2D eigenvalue weighted by Gasteiger charge is 2.28. The fourth-order valence-electron chi connectivity index (χ4n) is 3.47. The van der Waals surface area contributed by atoms with Crippen molar-refractivity contribution in [3.05, 3.63) is 29.8 Å². The molecule has 0 saturated heterocycles. The molecule has 98 valence electrons. The van der Waals surface area contributed by atoms with Gasteiger partial charge in [0.1, 0.15) is 11.9 Å². The largest absolute Gasteiger partial charge is 0.490 e. The fraction of sp³-hybridized carbons (Fsp3) is 0.625. The van der Waals surface area contributed by atoms with Crippen LogP contribution in [0.25, 0.3) is 0 Å². The highest BCUT2D eigenvalue weighted by atomic mass is 16.5. The van der Waals surface area contributed by atoms with Crippen molar-refractivity contribution in [1.29, 1.82) is 0 Å². The third kappa shape index (κ3) is 2.54. The van der Waals surface area contributed by atoms with E-state index in [0.29, 0.717) is 6.10 Å². The number of hydrogen-bond acceptors (Lipinski definition) is 2. The maximum absolute atomic E-state index is 6.26. The minimum Gasteiger partial charge on any atom is -0.490 e. The van der Waals surface area contributed by atoms with E-state index in [9.17, 15) is 0 Å². The quantitative estimate of drug-likeness (QED) is 0.860. The Kier molecular flexibility index (Phi) is 3.55. The van der Waals surface area contributed by atoms with Gasteiger partial charge in [-0.2, -0.15) is 0 Å². The van der Waals surface area contributed by atoms with Crippen LogP contribution >= 0.6 is 0 Å². The van der Waals surface area contributed by atoms with Crippen LogP contribution in [-0.4, -0.2) is 6.10 Å². The Bertz CT molecular complexity index is 398. The van der Waals surface area contributed by atoms with E-state index in [1.165, 1.54) is 44.1 Å². The summed E-state index contributed by atoms with van der Waals surface area (Å²) >= 11 is 0. The molecule has 1 aromatic carbocycles. The van der Waals surface area contributed by atoms with E-state index in [1.807, 2.05) is 12.1 Å². The van der Waals surface area contributed by atoms with Gasteiger partial charge in [-0.15, -0.1) is 0 Å². The Morgan fingerprint density at radius 1 is 1.11 bits per heavy atom. The van der Waals surface area contributed by atoms with Crippen LogP contribution in [-0.2, 0) is 0 Å². The minimum atomic E-state index is 0.156. The topological polar surface area (TPSA) is 35.2 Å². The minimum absolute atomic E-state index is 0.156. The first-order chi connectivity index (χ1) is 8.83. The van der Waals surface area contributed by atoms with Crippen LogP contribution in [0, 0.1) is 5.92 Å². The molecule has 2 heteroatoms. The van der Waals surface area contributed by atoms with E-state index >= 15 is 0 Å². The Morgan fingerprint density at radius 2 is 1.89 bits per heavy atom. The molecule has 0 spiro atoms. The monoisotopic (exact) mass is 245 g/mol. The van der Waals surface area contributed by atoms with Gasteiger partial charge in [-0.25, -0.2) is 0 Å². The Morgan fingerprint density at radius 3 is 2.72 bits per heavy atom. The molecule has 2 nitrogen and oxygen atoms in total. The standard InChI is InChI=1S/C16H23NO/c17-15-11-13(10-12-6-2-1-3-7-12)18-16-9-5-4-8-14(15)16/h4-5,8-9,12-13,15H,1-3,6-7,10-11,17H2/t13?,15-/m0/s1. The average Bonchev–Trinajstić information content (AvgIpc) is 2.40. The number of ether oxygens (including phenoxy) is 1. The predicted molar refractivity (Wildman–Crippen MR) is 73.6 cm³/mol. The Labute approximate surface area is 110 Å². The number of hydrogen-bond donors (Lipinski definition) is 1. The molecule has 1 unspecified atom stereocenters. The summed E-state index contributed by atoms with van der Waals surface area (Å²) in [5, 5.41) is 0. The smallest absolute Gasteiger partial charge is 0.124 e. The lowest BCUT2D eigenvalue weighted by Gasteiger charge is -2.33. The number of fused-ring (bicyclic) bond motifs is 1. The van der Waals surface area contributed by atoms with Gasteiger partial charge in [-0.1, -0.05) is 50.3 Å². The highest BCUT2D eigenvalue weighted by Crippen LogP contribution is 2.37. The third-order valence-electron chi connectivity index (χ3n) is 4.45. The van der Waals surface area contributed by atoms with Gasteiger partial charge in [-0.3, -0.25) is 0 Å². The first-order valence-corrected chi connectivity index (χ1v) is 7.34. The number of para-hydroxylation sites is 1. The van der Waals surface area contributed by atoms with Gasteiger partial charge in [0.25, 0.3) is 0 Å². The van der Waals surface area contributed by atoms with Crippen LogP contribution in [0.4, 0.5) is 0 Å². The van der Waals surface area contributed by atoms with Crippen molar-refractivity contribution in [2.24, 2.45) is 11.7 Å². The maximum Gasteiger partial charge on any atom is 0.124 e. The second kappa shape index (κ2) is 5.31. The molecule has 2 aliphatic rings. The molecular weight excluding hydrogens is 222 g/mol. The second-order valence-corrected chi connectivity index (χ2v) is 5.86. The SMILES string of the molecule is N[C@H]1CC(CC2CCCCC2)Oc2ccccc21. The molecule has 1 fully saturated rings. The average molecular weight is 245 g/mol. The summed E-state index contributed by atoms with van der Waals surface area (Å²) in [6.45, 7) is 0. The molecule has 0 bridgehead atoms. The first-order valence-electron chi connectivity index (χ1n) is 7.34. The van der Waals surface area contributed by atoms with Crippen molar-refractivity contribution in [2.45, 2.75) is 57.1 Å². The van der Waals surface area contributed by atoms with Crippen molar-refractivity contribution in [3.8, 4) is 5.75 Å². The van der Waals surface area contributed by atoms with Crippen molar-refractivity contribution in [2.75, 3.05) is 0 Å². The van der Waals surface area contributed by atoms with E-state index in [0.717, 1.165) is 18.1 Å². The third-order valence-corrected chi connectivity index (χ3v) is 4.45. The molecule has 2 atom stereocenters. The molecular formula is C16H23NO. The van der Waals surface area contributed by atoms with Gasteiger partial charge in [-0.05, 0) is 18.4 Å². The van der Waals surface area contributed by atoms with E-state index in [1.54, 1.807) is 0 Å². The van der Waals surface area contributed by atoms with Crippen LogP contribution in [0.5, 0.6) is 5.75 Å². The Hall–Kier alpha value is -1.02. The van der Waals surface area contributed by atoms with Gasteiger partial charge >= 0.3 is 0 Å².